The molecule has 0 aromatic carbocycles. The van der Waals surface area contributed by atoms with Gasteiger partial charge in [0.2, 0.25) is 0 Å². The zero-order chi connectivity index (χ0) is 17.7. The van der Waals surface area contributed by atoms with Crippen LogP contribution in [0, 0.1) is 11.3 Å². The van der Waals surface area contributed by atoms with Gasteiger partial charge in [0.1, 0.15) is 0 Å². The van der Waals surface area contributed by atoms with Crippen molar-refractivity contribution in [3.8, 4) is 0 Å². The molecule has 0 aliphatic heterocycles. The lowest BCUT2D eigenvalue weighted by Crippen LogP contribution is -2.24. The van der Waals surface area contributed by atoms with E-state index in [1.165, 1.54) is 31.3 Å². The number of rotatable bonds is 5. The number of ether oxygens (including phenoxy) is 1. The molecular weight excluding hydrogens is 300 g/mol. The highest BCUT2D eigenvalue weighted by Crippen LogP contribution is 2.39. The van der Waals surface area contributed by atoms with Crippen LogP contribution in [0.15, 0.2) is 23.3 Å². The minimum Gasteiger partial charge on any atom is -0.463 e. The van der Waals surface area contributed by atoms with Crippen molar-refractivity contribution in [2.75, 3.05) is 6.61 Å². The Labute approximate surface area is 144 Å². The summed E-state index contributed by atoms with van der Waals surface area (Å²) in [6.45, 7) is 16.2. The summed E-state index contributed by atoms with van der Waals surface area (Å²) in [6, 6.07) is 0.889. The Kier molecular flexibility index (Phi) is 7.31. The monoisotopic (exact) mass is 336 g/mol. The summed E-state index contributed by atoms with van der Waals surface area (Å²) in [4.78, 5) is 12.2. The zero-order valence-electron chi connectivity index (χ0n) is 16.3. The number of allylic oxidation sites excluding steroid dienone is 3. The quantitative estimate of drug-likeness (QED) is 0.351. The number of hydrogen-bond donors (Lipinski definition) is 0. The van der Waals surface area contributed by atoms with Crippen molar-refractivity contribution in [3.63, 3.8) is 0 Å². The summed E-state index contributed by atoms with van der Waals surface area (Å²) < 4.78 is 5.24. The van der Waals surface area contributed by atoms with Crippen LogP contribution in [0.5, 0.6) is 0 Å². The van der Waals surface area contributed by atoms with Crippen molar-refractivity contribution in [2.45, 2.75) is 79.1 Å². The molecule has 0 spiro atoms. The normalized spacial score (nSPS) is 20.4. The topological polar surface area (TPSA) is 26.3 Å². The van der Waals surface area contributed by atoms with E-state index in [-0.39, 0.29) is 5.97 Å². The van der Waals surface area contributed by atoms with Gasteiger partial charge < -0.3 is 4.74 Å². The summed E-state index contributed by atoms with van der Waals surface area (Å²) >= 11 is 0. The Morgan fingerprint density at radius 2 is 1.78 bits per heavy atom. The first kappa shape index (κ1) is 20.2. The lowest BCUT2D eigenvalue weighted by Gasteiger charge is -2.34. The van der Waals surface area contributed by atoms with Gasteiger partial charge >= 0.3 is 5.97 Å². The highest BCUT2D eigenvalue weighted by atomic mass is 28.3. The van der Waals surface area contributed by atoms with Crippen LogP contribution >= 0.6 is 0 Å². The Morgan fingerprint density at radius 1 is 1.22 bits per heavy atom. The Hall–Kier alpha value is -0.833. The third-order valence-electron chi connectivity index (χ3n) is 4.63. The van der Waals surface area contributed by atoms with Gasteiger partial charge in [0.05, 0.1) is 6.61 Å². The first-order valence-electron chi connectivity index (χ1n) is 9.08. The Morgan fingerprint density at radius 3 is 2.22 bits per heavy atom. The SMILES string of the molecule is CCOC(=O)/C(=C\C=C1CCC(C(C)(C)C)CC1)C[Si](C)(C)C. The Balaban J connectivity index is 2.78. The zero-order valence-corrected chi connectivity index (χ0v) is 17.3. The lowest BCUT2D eigenvalue weighted by molar-refractivity contribution is -0.138. The van der Waals surface area contributed by atoms with Gasteiger partial charge in [0.25, 0.3) is 0 Å². The predicted octanol–water partition coefficient (Wildman–Crippen LogP) is 5.98. The maximum absolute atomic E-state index is 12.2. The van der Waals surface area contributed by atoms with Crippen LogP contribution in [0.1, 0.15) is 53.4 Å². The van der Waals surface area contributed by atoms with E-state index in [1.54, 1.807) is 0 Å². The molecule has 0 atom stereocenters. The predicted molar refractivity (Wildman–Crippen MR) is 102 cm³/mol. The number of carbonyl (C=O) groups is 1. The minimum absolute atomic E-state index is 0.129. The average Bonchev–Trinajstić information content (AvgIpc) is 2.42. The molecule has 1 aliphatic carbocycles. The standard InChI is InChI=1S/C20H36O2Si/c1-8-22-19(21)17(15-23(5,6)7)12-9-16-10-13-18(14-11-16)20(2,3)4/h9,12,18H,8,10-11,13-15H2,1-7H3/b16-9?,17-12-. The van der Waals surface area contributed by atoms with Crippen LogP contribution < -0.4 is 0 Å². The maximum Gasteiger partial charge on any atom is 0.333 e. The highest BCUT2D eigenvalue weighted by Gasteiger charge is 2.27. The van der Waals surface area contributed by atoms with Crippen LogP contribution in [-0.2, 0) is 9.53 Å². The van der Waals surface area contributed by atoms with Crippen LogP contribution in [0.3, 0.4) is 0 Å². The van der Waals surface area contributed by atoms with E-state index in [9.17, 15) is 4.79 Å². The first-order valence-corrected chi connectivity index (χ1v) is 12.8. The van der Waals surface area contributed by atoms with E-state index < -0.39 is 8.07 Å². The third-order valence-corrected chi connectivity index (χ3v) is 6.07. The summed E-state index contributed by atoms with van der Waals surface area (Å²) in [7, 11) is -1.33. The molecule has 0 unspecified atom stereocenters. The molecule has 1 fully saturated rings. The van der Waals surface area contributed by atoms with Gasteiger partial charge in [-0.2, -0.15) is 0 Å². The largest absolute Gasteiger partial charge is 0.463 e. The molecule has 0 radical (unpaired) electrons. The van der Waals surface area contributed by atoms with Crippen molar-refractivity contribution >= 4 is 14.0 Å². The molecule has 1 aliphatic rings. The lowest BCUT2D eigenvalue weighted by atomic mass is 9.71. The molecular formula is C20H36O2Si. The van der Waals surface area contributed by atoms with Gasteiger partial charge in [-0.15, -0.1) is 0 Å². The molecule has 0 amide bonds. The van der Waals surface area contributed by atoms with E-state index in [0.717, 1.165) is 17.5 Å². The fourth-order valence-electron chi connectivity index (χ4n) is 3.23. The second-order valence-corrected chi connectivity index (χ2v) is 14.6. The van der Waals surface area contributed by atoms with Crippen LogP contribution in [0.4, 0.5) is 0 Å². The van der Waals surface area contributed by atoms with E-state index in [0.29, 0.717) is 12.0 Å². The fraction of sp³-hybridized carbons (Fsp3) is 0.750. The third kappa shape index (κ3) is 7.52. The molecule has 1 saturated carbocycles. The molecule has 3 heteroatoms. The number of esters is 1. The van der Waals surface area contributed by atoms with Crippen LogP contribution in [0.25, 0.3) is 0 Å². The van der Waals surface area contributed by atoms with Crippen LogP contribution in [-0.4, -0.2) is 20.7 Å². The van der Waals surface area contributed by atoms with Crippen molar-refractivity contribution in [1.29, 1.82) is 0 Å². The molecule has 132 valence electrons. The second kappa shape index (κ2) is 8.32. The highest BCUT2D eigenvalue weighted by molar-refractivity contribution is 6.77. The van der Waals surface area contributed by atoms with E-state index >= 15 is 0 Å². The van der Waals surface area contributed by atoms with Gasteiger partial charge in [-0.25, -0.2) is 4.79 Å². The average molecular weight is 337 g/mol. The molecule has 0 heterocycles. The van der Waals surface area contributed by atoms with E-state index in [1.807, 2.05) is 13.0 Å². The smallest absolute Gasteiger partial charge is 0.333 e. The Bertz CT molecular complexity index is 451. The maximum atomic E-state index is 12.2. The molecule has 0 aromatic rings. The number of carbonyl (C=O) groups excluding carboxylic acids is 1. The van der Waals surface area contributed by atoms with Gasteiger partial charge in [0.15, 0.2) is 0 Å². The minimum atomic E-state index is -1.33. The van der Waals surface area contributed by atoms with Crippen molar-refractivity contribution in [2.24, 2.45) is 11.3 Å². The fourth-order valence-corrected chi connectivity index (χ4v) is 4.64. The molecule has 0 saturated heterocycles. The molecule has 0 bridgehead atoms. The van der Waals surface area contributed by atoms with Crippen molar-refractivity contribution < 1.29 is 9.53 Å². The second-order valence-electron chi connectivity index (χ2n) is 9.12. The van der Waals surface area contributed by atoms with Crippen molar-refractivity contribution in [3.05, 3.63) is 23.3 Å². The summed E-state index contributed by atoms with van der Waals surface area (Å²) in [5.41, 5.74) is 2.76. The van der Waals surface area contributed by atoms with Gasteiger partial charge in [-0.05, 0) is 50.0 Å². The molecule has 0 aromatic heterocycles. The summed E-state index contributed by atoms with van der Waals surface area (Å²) in [5, 5.41) is 0. The van der Waals surface area contributed by atoms with E-state index in [4.69, 9.17) is 4.74 Å². The van der Waals surface area contributed by atoms with Gasteiger partial charge in [-0.3, -0.25) is 0 Å². The number of hydrogen-bond acceptors (Lipinski definition) is 2. The molecule has 23 heavy (non-hydrogen) atoms. The first-order chi connectivity index (χ1) is 10.5. The van der Waals surface area contributed by atoms with Gasteiger partial charge in [-0.1, -0.05) is 58.1 Å². The summed E-state index contributed by atoms with van der Waals surface area (Å²) in [5.74, 6) is 0.685. The van der Waals surface area contributed by atoms with E-state index in [2.05, 4.69) is 46.5 Å². The molecule has 2 nitrogen and oxygen atoms in total. The van der Waals surface area contributed by atoms with Crippen LogP contribution in [0.2, 0.25) is 25.7 Å². The molecule has 0 N–H and O–H groups in total. The molecule has 1 rings (SSSR count). The van der Waals surface area contributed by atoms with Crippen molar-refractivity contribution in [1.82, 2.24) is 0 Å². The summed E-state index contributed by atoms with van der Waals surface area (Å²) in [6.07, 6.45) is 9.12. The van der Waals surface area contributed by atoms with Gasteiger partial charge in [0, 0.05) is 13.6 Å².